The van der Waals surface area contributed by atoms with Crippen LogP contribution in [0, 0.1) is 5.41 Å². The molecule has 2 heteroatoms. The van der Waals surface area contributed by atoms with Crippen molar-refractivity contribution < 1.29 is 4.74 Å². The molecular weight excluding hydrogens is 162 g/mol. The molecule has 78 valence electrons. The third-order valence-corrected chi connectivity index (χ3v) is 3.55. The van der Waals surface area contributed by atoms with Crippen molar-refractivity contribution in [3.63, 3.8) is 0 Å². The van der Waals surface area contributed by atoms with Crippen molar-refractivity contribution in [3.05, 3.63) is 0 Å². The first kappa shape index (κ1) is 11.0. The van der Waals surface area contributed by atoms with Crippen LogP contribution in [0.3, 0.4) is 0 Å². The zero-order valence-corrected chi connectivity index (χ0v) is 9.85. The summed E-state index contributed by atoms with van der Waals surface area (Å²) in [5.74, 6) is 0. The van der Waals surface area contributed by atoms with Gasteiger partial charge in [0.15, 0.2) is 0 Å². The van der Waals surface area contributed by atoms with E-state index in [1.54, 1.807) is 0 Å². The van der Waals surface area contributed by atoms with Gasteiger partial charge < -0.3 is 4.74 Å². The highest BCUT2D eigenvalue weighted by Crippen LogP contribution is 2.38. The average Bonchev–Trinajstić information content (AvgIpc) is 1.94. The average molecular weight is 185 g/mol. The molecule has 0 aromatic heterocycles. The van der Waals surface area contributed by atoms with Gasteiger partial charge in [0.2, 0.25) is 0 Å². The van der Waals surface area contributed by atoms with Gasteiger partial charge >= 0.3 is 0 Å². The number of hydrogen-bond acceptors (Lipinski definition) is 2. The number of nitrogens with zero attached hydrogens (tertiary/aromatic N) is 1. The van der Waals surface area contributed by atoms with Gasteiger partial charge in [-0.3, -0.25) is 4.90 Å². The molecule has 1 saturated heterocycles. The largest absolute Gasteiger partial charge is 0.360 e. The minimum Gasteiger partial charge on any atom is -0.360 e. The van der Waals surface area contributed by atoms with Crippen LogP contribution in [0.5, 0.6) is 0 Å². The van der Waals surface area contributed by atoms with E-state index in [0.717, 1.165) is 13.3 Å². The number of hydrogen-bond donors (Lipinski definition) is 0. The van der Waals surface area contributed by atoms with Gasteiger partial charge in [0.1, 0.15) is 0 Å². The van der Waals surface area contributed by atoms with E-state index in [1.807, 2.05) is 0 Å². The first-order chi connectivity index (χ1) is 5.76. The lowest BCUT2D eigenvalue weighted by molar-refractivity contribution is -0.194. The highest BCUT2D eigenvalue weighted by Gasteiger charge is 2.43. The fourth-order valence-electron chi connectivity index (χ4n) is 1.52. The number of rotatable bonds is 1. The van der Waals surface area contributed by atoms with Crippen molar-refractivity contribution in [1.29, 1.82) is 0 Å². The highest BCUT2D eigenvalue weighted by molar-refractivity contribution is 4.93. The van der Waals surface area contributed by atoms with Crippen molar-refractivity contribution in [2.45, 2.75) is 53.2 Å². The van der Waals surface area contributed by atoms with Crippen LogP contribution in [-0.4, -0.2) is 29.8 Å². The molecule has 1 aliphatic heterocycles. The quantitative estimate of drug-likeness (QED) is 0.622. The number of ether oxygens (including phenoxy) is 1. The molecule has 0 spiro atoms. The predicted octanol–water partition coefficient (Wildman–Crippen LogP) is 2.49. The summed E-state index contributed by atoms with van der Waals surface area (Å²) >= 11 is 0. The Hall–Kier alpha value is -0.0800. The van der Waals surface area contributed by atoms with E-state index in [1.165, 1.54) is 0 Å². The Morgan fingerprint density at radius 1 is 1.15 bits per heavy atom. The van der Waals surface area contributed by atoms with Crippen LogP contribution in [-0.2, 0) is 4.74 Å². The summed E-state index contributed by atoms with van der Waals surface area (Å²) in [6.07, 6.45) is 0. The zero-order chi connectivity index (χ0) is 10.3. The minimum atomic E-state index is -0.00160. The van der Waals surface area contributed by atoms with E-state index in [4.69, 9.17) is 4.74 Å². The molecule has 0 unspecified atom stereocenters. The molecule has 0 atom stereocenters. The third kappa shape index (κ3) is 2.05. The van der Waals surface area contributed by atoms with Crippen molar-refractivity contribution in [1.82, 2.24) is 4.90 Å². The van der Waals surface area contributed by atoms with Crippen LogP contribution in [0.25, 0.3) is 0 Å². The van der Waals surface area contributed by atoms with Gasteiger partial charge in [-0.15, -0.1) is 0 Å². The smallest absolute Gasteiger partial charge is 0.1000 e. The fraction of sp³-hybridized carbons (Fsp3) is 1.00. The maximum atomic E-state index is 5.88. The van der Waals surface area contributed by atoms with Crippen molar-refractivity contribution in [3.8, 4) is 0 Å². The molecule has 1 rings (SSSR count). The third-order valence-electron chi connectivity index (χ3n) is 3.55. The SMILES string of the molecule is CC(C)N1COC(C)(C)C(C)(C)C1. The molecule has 1 aliphatic rings. The van der Waals surface area contributed by atoms with Gasteiger partial charge in [0.25, 0.3) is 0 Å². The van der Waals surface area contributed by atoms with Crippen LogP contribution in [0.4, 0.5) is 0 Å². The monoisotopic (exact) mass is 185 g/mol. The van der Waals surface area contributed by atoms with Crippen molar-refractivity contribution in [2.75, 3.05) is 13.3 Å². The van der Waals surface area contributed by atoms with Crippen molar-refractivity contribution in [2.24, 2.45) is 5.41 Å². The lowest BCUT2D eigenvalue weighted by Gasteiger charge is -2.50. The summed E-state index contributed by atoms with van der Waals surface area (Å²) in [5.41, 5.74) is 0.230. The topological polar surface area (TPSA) is 12.5 Å². The molecule has 1 heterocycles. The summed E-state index contributed by atoms with van der Waals surface area (Å²) in [5, 5.41) is 0. The Balaban J connectivity index is 2.71. The van der Waals surface area contributed by atoms with E-state index in [0.29, 0.717) is 6.04 Å². The summed E-state index contributed by atoms with van der Waals surface area (Å²) in [6, 6.07) is 0.579. The summed E-state index contributed by atoms with van der Waals surface area (Å²) in [4.78, 5) is 2.38. The van der Waals surface area contributed by atoms with Crippen LogP contribution < -0.4 is 0 Å². The molecule has 0 N–H and O–H groups in total. The van der Waals surface area contributed by atoms with E-state index in [2.05, 4.69) is 46.4 Å². The molecule has 13 heavy (non-hydrogen) atoms. The van der Waals surface area contributed by atoms with Gasteiger partial charge in [0, 0.05) is 18.0 Å². The van der Waals surface area contributed by atoms with E-state index in [9.17, 15) is 0 Å². The van der Waals surface area contributed by atoms with Gasteiger partial charge in [0.05, 0.1) is 12.3 Å². The molecule has 0 amide bonds. The Kier molecular flexibility index (Phi) is 2.75. The first-order valence-corrected chi connectivity index (χ1v) is 5.14. The standard InChI is InChI=1S/C11H23NO/c1-9(2)12-7-10(3,4)11(5,6)13-8-12/h9H,7-8H2,1-6H3. The van der Waals surface area contributed by atoms with E-state index < -0.39 is 0 Å². The summed E-state index contributed by atoms with van der Waals surface area (Å²) in [7, 11) is 0. The Morgan fingerprint density at radius 2 is 1.69 bits per heavy atom. The second-order valence-electron chi connectivity index (χ2n) is 5.51. The minimum absolute atomic E-state index is 0.00160. The second-order valence-corrected chi connectivity index (χ2v) is 5.51. The Morgan fingerprint density at radius 3 is 2.08 bits per heavy atom. The lowest BCUT2D eigenvalue weighted by Crippen LogP contribution is -2.57. The van der Waals surface area contributed by atoms with E-state index in [-0.39, 0.29) is 11.0 Å². The predicted molar refractivity (Wildman–Crippen MR) is 55.7 cm³/mol. The molecule has 0 aromatic carbocycles. The molecular formula is C11H23NO. The molecule has 0 bridgehead atoms. The van der Waals surface area contributed by atoms with Crippen LogP contribution in [0.2, 0.25) is 0 Å². The molecule has 0 radical (unpaired) electrons. The van der Waals surface area contributed by atoms with Gasteiger partial charge in [-0.25, -0.2) is 0 Å². The highest BCUT2D eigenvalue weighted by atomic mass is 16.5. The molecule has 0 aromatic rings. The molecule has 1 fully saturated rings. The lowest BCUT2D eigenvalue weighted by atomic mass is 9.75. The Bertz CT molecular complexity index is 185. The van der Waals surface area contributed by atoms with Gasteiger partial charge in [-0.2, -0.15) is 0 Å². The molecule has 0 aliphatic carbocycles. The second kappa shape index (κ2) is 3.25. The maximum absolute atomic E-state index is 5.88. The van der Waals surface area contributed by atoms with Gasteiger partial charge in [-0.05, 0) is 27.7 Å². The van der Waals surface area contributed by atoms with E-state index >= 15 is 0 Å². The zero-order valence-electron chi connectivity index (χ0n) is 9.85. The van der Waals surface area contributed by atoms with Crippen LogP contribution in [0.1, 0.15) is 41.5 Å². The first-order valence-electron chi connectivity index (χ1n) is 5.14. The summed E-state index contributed by atoms with van der Waals surface area (Å²) < 4.78 is 5.88. The Labute approximate surface area is 82.3 Å². The molecule has 2 nitrogen and oxygen atoms in total. The van der Waals surface area contributed by atoms with Gasteiger partial charge in [-0.1, -0.05) is 13.8 Å². The fourth-order valence-corrected chi connectivity index (χ4v) is 1.52. The normalized spacial score (nSPS) is 27.9. The molecule has 0 saturated carbocycles. The van der Waals surface area contributed by atoms with Crippen molar-refractivity contribution >= 4 is 0 Å². The van der Waals surface area contributed by atoms with Crippen LogP contribution >= 0.6 is 0 Å². The maximum Gasteiger partial charge on any atom is 0.1000 e. The summed E-state index contributed by atoms with van der Waals surface area (Å²) in [6.45, 7) is 15.3. The van der Waals surface area contributed by atoms with Crippen LogP contribution in [0.15, 0.2) is 0 Å².